The SMILES string of the molecule is [Co].[Co].[Fe+3].[Fe+3].[H-].[H-].[H-].[H-].[La].[La].[O-2].[O-2].[O-2].[Sr+2].[Sr+2]. The van der Waals surface area contributed by atoms with Crippen molar-refractivity contribution in [3.8, 4) is 0 Å². The average Bonchev–Trinajstić information content (AvgIpc) is 0. The second kappa shape index (κ2) is 86.4. The molecule has 0 bridgehead atoms. The quantitative estimate of drug-likeness (QED) is 0.296. The van der Waals surface area contributed by atoms with Crippen LogP contribution in [-0.4, -0.2) is 91.0 Å². The molecule has 0 unspecified atom stereocenters. The Morgan fingerprint density at radius 3 is 0.545 bits per heavy atom. The number of hydrogen-bond donors (Lipinski definition) is 0. The van der Waals surface area contributed by atoms with Crippen LogP contribution in [0, 0.1) is 71.2 Å². The first-order chi connectivity index (χ1) is 0. The molecule has 6 radical (unpaired) electrons. The molecule has 0 aliphatic rings. The maximum Gasteiger partial charge on any atom is 3.00 e. The molecule has 3 nitrogen and oxygen atoms in total. The van der Waals surface area contributed by atoms with Crippen molar-refractivity contribution in [2.75, 3.05) is 0 Å². The largest absolute Gasteiger partial charge is 3.00 e. The molecular formula is H4Co2Fe2La2O3Sr2. The second-order valence-electron chi connectivity index (χ2n) is 0. The number of hydrogen-bond acceptors (Lipinski definition) is 0. The fourth-order valence-corrected chi connectivity index (χ4v) is 0. The van der Waals surface area contributed by atoms with Crippen molar-refractivity contribution >= 4 is 91.0 Å². The predicted octanol–water partition coefficient (Wildman–Crippen LogP) is -0.678. The van der Waals surface area contributed by atoms with Crippen molar-refractivity contribution in [1.82, 2.24) is 0 Å². The normalized spacial score (nSPS) is 0. The van der Waals surface area contributed by atoms with E-state index in [9.17, 15) is 0 Å². The molecule has 0 aliphatic heterocycles. The summed E-state index contributed by atoms with van der Waals surface area (Å²) in [5.74, 6) is 0. The van der Waals surface area contributed by atoms with Gasteiger partial charge in [0.1, 0.15) is 0 Å². The molecule has 0 heterocycles. The average molecular weight is 735 g/mol. The Hall–Kier alpha value is 7.28. The first-order valence-electron chi connectivity index (χ1n) is 0. The summed E-state index contributed by atoms with van der Waals surface area (Å²) >= 11 is 0. The Morgan fingerprint density at radius 1 is 0.545 bits per heavy atom. The molecular weight excluding hydrogens is 731 g/mol. The molecule has 0 saturated heterocycles. The third kappa shape index (κ3) is 76.1. The van der Waals surface area contributed by atoms with Crippen LogP contribution in [0.2, 0.25) is 0 Å². The molecule has 0 fully saturated rings. The summed E-state index contributed by atoms with van der Waals surface area (Å²) in [7, 11) is 0. The van der Waals surface area contributed by atoms with Crippen LogP contribution in [0.25, 0.3) is 0 Å². The van der Waals surface area contributed by atoms with Crippen LogP contribution in [0.15, 0.2) is 0 Å². The fraction of sp³-hybridized carbons (Fsp3) is 0. The standard InChI is InChI=1S/2Co.2Fe.2La.3O.2Sr.4H/q;;2*+3;;;3*-2;2*+2;4*-1. The van der Waals surface area contributed by atoms with Gasteiger partial charge in [0.15, 0.2) is 0 Å². The molecule has 11 heteroatoms. The minimum Gasteiger partial charge on any atom is -2.00 e. The third-order valence-electron chi connectivity index (χ3n) is 0. The molecule has 0 aromatic heterocycles. The maximum atomic E-state index is 0. The molecule has 0 atom stereocenters. The van der Waals surface area contributed by atoms with Gasteiger partial charge in [-0.25, -0.2) is 0 Å². The minimum atomic E-state index is 0. The Morgan fingerprint density at radius 2 is 0.545 bits per heavy atom. The molecule has 0 amide bonds. The molecule has 0 saturated carbocycles. The summed E-state index contributed by atoms with van der Waals surface area (Å²) in [5, 5.41) is 0. The summed E-state index contributed by atoms with van der Waals surface area (Å²) in [6.45, 7) is 0. The van der Waals surface area contributed by atoms with Gasteiger partial charge in [0, 0.05) is 105 Å². The first kappa shape index (κ1) is 103. The van der Waals surface area contributed by atoms with E-state index in [4.69, 9.17) is 0 Å². The van der Waals surface area contributed by atoms with Crippen LogP contribution < -0.4 is 0 Å². The van der Waals surface area contributed by atoms with E-state index in [0.717, 1.165) is 0 Å². The summed E-state index contributed by atoms with van der Waals surface area (Å²) < 4.78 is 0. The van der Waals surface area contributed by atoms with Gasteiger partial charge in [-0.05, 0) is 0 Å². The van der Waals surface area contributed by atoms with Crippen molar-refractivity contribution in [3.63, 3.8) is 0 Å². The zero-order valence-corrected chi connectivity index (χ0v) is 23.7. The van der Waals surface area contributed by atoms with Crippen LogP contribution in [0.4, 0.5) is 0 Å². The van der Waals surface area contributed by atoms with Crippen molar-refractivity contribution in [3.05, 3.63) is 0 Å². The third-order valence-corrected chi connectivity index (χ3v) is 0. The van der Waals surface area contributed by atoms with Gasteiger partial charge in [-0.15, -0.1) is 0 Å². The zero-order chi connectivity index (χ0) is 0. The van der Waals surface area contributed by atoms with E-state index < -0.39 is 0 Å². The Kier molecular flexibility index (Phi) is 809. The van der Waals surface area contributed by atoms with Crippen molar-refractivity contribution in [1.29, 1.82) is 0 Å². The Labute approximate surface area is 245 Å². The van der Waals surface area contributed by atoms with Crippen molar-refractivity contribution < 1.29 is 161 Å². The molecule has 11 heavy (non-hydrogen) atoms. The van der Waals surface area contributed by atoms with Crippen LogP contribution in [0.5, 0.6) is 0 Å². The molecule has 66 valence electrons. The van der Waals surface area contributed by atoms with Gasteiger partial charge in [-0.2, -0.15) is 0 Å². The Balaban J connectivity index is 0. The molecule has 0 rings (SSSR count). The Bertz CT molecular complexity index is 37.8. The van der Waals surface area contributed by atoms with Crippen LogP contribution in [0.1, 0.15) is 5.71 Å². The van der Waals surface area contributed by atoms with E-state index in [0.29, 0.717) is 0 Å². The summed E-state index contributed by atoms with van der Waals surface area (Å²) in [6, 6.07) is 0. The summed E-state index contributed by atoms with van der Waals surface area (Å²) in [4.78, 5) is 0. The zero-order valence-electron chi connectivity index (χ0n) is 9.17. The molecule has 0 N–H and O–H groups in total. The van der Waals surface area contributed by atoms with Gasteiger partial charge in [-0.3, -0.25) is 0 Å². The van der Waals surface area contributed by atoms with E-state index in [1.165, 1.54) is 0 Å². The van der Waals surface area contributed by atoms with Crippen LogP contribution in [0.3, 0.4) is 0 Å². The van der Waals surface area contributed by atoms with Gasteiger partial charge in [0.25, 0.3) is 0 Å². The predicted molar refractivity (Wildman–Crippen MR) is 18.0 cm³/mol. The van der Waals surface area contributed by atoms with Gasteiger partial charge in [0.05, 0.1) is 0 Å². The molecule has 0 aliphatic carbocycles. The van der Waals surface area contributed by atoms with E-state index >= 15 is 0 Å². The van der Waals surface area contributed by atoms with Gasteiger partial charge < -0.3 is 22.1 Å². The minimum absolute atomic E-state index is 0. The first-order valence-corrected chi connectivity index (χ1v) is 0. The second-order valence-corrected chi connectivity index (χ2v) is 0. The van der Waals surface area contributed by atoms with E-state index in [2.05, 4.69) is 0 Å². The van der Waals surface area contributed by atoms with Crippen LogP contribution in [-0.2, 0) is 84.1 Å². The van der Waals surface area contributed by atoms with E-state index in [1.54, 1.807) is 0 Å². The topological polar surface area (TPSA) is 85.5 Å². The molecule has 0 spiro atoms. The van der Waals surface area contributed by atoms with Gasteiger partial charge in [0.2, 0.25) is 0 Å². The summed E-state index contributed by atoms with van der Waals surface area (Å²) in [6.07, 6.45) is 0. The fourth-order valence-electron chi connectivity index (χ4n) is 0. The van der Waals surface area contributed by atoms with Crippen molar-refractivity contribution in [2.24, 2.45) is 0 Å². The van der Waals surface area contributed by atoms with Crippen molar-refractivity contribution in [2.45, 2.75) is 0 Å². The van der Waals surface area contributed by atoms with E-state index in [1.807, 2.05) is 0 Å². The van der Waals surface area contributed by atoms with E-state index in [-0.39, 0.29) is 252 Å². The maximum absolute atomic E-state index is 0. The van der Waals surface area contributed by atoms with Gasteiger partial charge in [-0.1, -0.05) is 0 Å². The van der Waals surface area contributed by atoms with Crippen LogP contribution >= 0.6 is 0 Å². The monoisotopic (exact) mass is 735 g/mol. The van der Waals surface area contributed by atoms with Gasteiger partial charge >= 0.3 is 125 Å². The summed E-state index contributed by atoms with van der Waals surface area (Å²) in [5.41, 5.74) is 0. The molecule has 0 aromatic rings. The molecule has 0 aromatic carbocycles. The smallest absolute Gasteiger partial charge is 2.00 e. The number of rotatable bonds is 0.